The number of nitrogens with one attached hydrogen (secondary N) is 1. The normalized spacial score (nSPS) is 21.4. The topological polar surface area (TPSA) is 15.3 Å². The molecule has 0 saturated heterocycles. The second-order valence-corrected chi connectivity index (χ2v) is 6.16. The van der Waals surface area contributed by atoms with E-state index in [4.69, 9.17) is 0 Å². The predicted octanol–water partition coefficient (Wildman–Crippen LogP) is 3.36. The van der Waals surface area contributed by atoms with Crippen molar-refractivity contribution in [2.75, 3.05) is 18.0 Å². The van der Waals surface area contributed by atoms with Gasteiger partial charge in [-0.05, 0) is 37.8 Å². The van der Waals surface area contributed by atoms with Crippen LogP contribution in [0.3, 0.4) is 0 Å². The van der Waals surface area contributed by atoms with Gasteiger partial charge in [0.2, 0.25) is 0 Å². The molecule has 1 saturated carbocycles. The Bertz CT molecular complexity index is 409. The molecule has 1 aliphatic carbocycles. The van der Waals surface area contributed by atoms with Crippen LogP contribution in [0, 0.1) is 0 Å². The zero-order valence-electron chi connectivity index (χ0n) is 12.1. The maximum Gasteiger partial charge on any atom is 0.0402 e. The van der Waals surface area contributed by atoms with Gasteiger partial charge in [0.15, 0.2) is 0 Å². The van der Waals surface area contributed by atoms with E-state index in [-0.39, 0.29) is 0 Å². The molecule has 104 valence electrons. The molecule has 1 aromatic rings. The second-order valence-electron chi connectivity index (χ2n) is 6.16. The quantitative estimate of drug-likeness (QED) is 0.891. The molecule has 2 heteroatoms. The summed E-state index contributed by atoms with van der Waals surface area (Å²) < 4.78 is 0. The van der Waals surface area contributed by atoms with Crippen molar-refractivity contribution in [1.82, 2.24) is 5.32 Å². The molecule has 1 N–H and O–H groups in total. The fourth-order valence-corrected chi connectivity index (χ4v) is 3.58. The molecule has 1 aromatic carbocycles. The molecule has 3 rings (SSSR count). The van der Waals surface area contributed by atoms with Crippen molar-refractivity contribution in [2.24, 2.45) is 0 Å². The average molecular weight is 258 g/mol. The SMILES string of the molecule is CC(CNC1CCCCC1)N1CCc2ccccc21. The number of anilines is 1. The van der Waals surface area contributed by atoms with Gasteiger partial charge < -0.3 is 10.2 Å². The van der Waals surface area contributed by atoms with Gasteiger partial charge in [0.05, 0.1) is 0 Å². The first-order valence-electron chi connectivity index (χ1n) is 7.92. The summed E-state index contributed by atoms with van der Waals surface area (Å²) in [5.74, 6) is 0. The van der Waals surface area contributed by atoms with Gasteiger partial charge in [0.1, 0.15) is 0 Å². The Kier molecular flexibility index (Phi) is 4.07. The van der Waals surface area contributed by atoms with Crippen LogP contribution in [-0.4, -0.2) is 25.2 Å². The first-order chi connectivity index (χ1) is 9.34. The fourth-order valence-electron chi connectivity index (χ4n) is 3.58. The van der Waals surface area contributed by atoms with E-state index >= 15 is 0 Å². The van der Waals surface area contributed by atoms with Crippen molar-refractivity contribution in [1.29, 1.82) is 0 Å². The summed E-state index contributed by atoms with van der Waals surface area (Å²) >= 11 is 0. The van der Waals surface area contributed by atoms with Crippen LogP contribution in [0.4, 0.5) is 5.69 Å². The van der Waals surface area contributed by atoms with Crippen LogP contribution >= 0.6 is 0 Å². The summed E-state index contributed by atoms with van der Waals surface area (Å²) in [6, 6.07) is 10.3. The Morgan fingerprint density at radius 2 is 2.00 bits per heavy atom. The molecule has 19 heavy (non-hydrogen) atoms. The van der Waals surface area contributed by atoms with E-state index in [0.717, 1.165) is 12.6 Å². The standard InChI is InChI=1S/C17H26N2/c1-14(13-18-16-8-3-2-4-9-16)19-12-11-15-7-5-6-10-17(15)19/h5-7,10,14,16,18H,2-4,8-9,11-13H2,1H3. The third-order valence-electron chi connectivity index (χ3n) is 4.76. The second kappa shape index (κ2) is 5.96. The summed E-state index contributed by atoms with van der Waals surface area (Å²) in [5.41, 5.74) is 2.98. The highest BCUT2D eigenvalue weighted by Crippen LogP contribution is 2.29. The van der Waals surface area contributed by atoms with Crippen LogP contribution in [0.1, 0.15) is 44.6 Å². The first-order valence-corrected chi connectivity index (χ1v) is 7.92. The van der Waals surface area contributed by atoms with E-state index in [9.17, 15) is 0 Å². The average Bonchev–Trinajstić information content (AvgIpc) is 2.90. The monoisotopic (exact) mass is 258 g/mol. The van der Waals surface area contributed by atoms with Crippen molar-refractivity contribution < 1.29 is 0 Å². The number of rotatable bonds is 4. The van der Waals surface area contributed by atoms with E-state index in [1.54, 1.807) is 0 Å². The minimum Gasteiger partial charge on any atom is -0.367 e. The lowest BCUT2D eigenvalue weighted by atomic mass is 9.95. The summed E-state index contributed by atoms with van der Waals surface area (Å²) in [6.45, 7) is 4.67. The van der Waals surface area contributed by atoms with E-state index in [1.165, 1.54) is 56.3 Å². The van der Waals surface area contributed by atoms with Crippen LogP contribution < -0.4 is 10.2 Å². The van der Waals surface area contributed by atoms with Crippen molar-refractivity contribution in [2.45, 2.75) is 57.5 Å². The maximum absolute atomic E-state index is 3.79. The van der Waals surface area contributed by atoms with Crippen LogP contribution in [0.5, 0.6) is 0 Å². The van der Waals surface area contributed by atoms with Crippen LogP contribution in [0.15, 0.2) is 24.3 Å². The zero-order chi connectivity index (χ0) is 13.1. The molecule has 2 nitrogen and oxygen atoms in total. The predicted molar refractivity (Wildman–Crippen MR) is 81.8 cm³/mol. The van der Waals surface area contributed by atoms with Gasteiger partial charge in [-0.25, -0.2) is 0 Å². The maximum atomic E-state index is 3.79. The molecule has 0 bridgehead atoms. The Morgan fingerprint density at radius 3 is 2.84 bits per heavy atom. The van der Waals surface area contributed by atoms with Crippen LogP contribution in [0.25, 0.3) is 0 Å². The minimum absolute atomic E-state index is 0.602. The first kappa shape index (κ1) is 13.0. The van der Waals surface area contributed by atoms with Crippen LogP contribution in [0.2, 0.25) is 0 Å². The van der Waals surface area contributed by atoms with Gasteiger partial charge in [0.25, 0.3) is 0 Å². The molecule has 1 atom stereocenters. The number of hydrogen-bond acceptors (Lipinski definition) is 2. The lowest BCUT2D eigenvalue weighted by Gasteiger charge is -2.30. The van der Waals surface area contributed by atoms with Gasteiger partial charge in [-0.1, -0.05) is 37.5 Å². The third kappa shape index (κ3) is 2.94. The van der Waals surface area contributed by atoms with E-state index in [0.29, 0.717) is 6.04 Å². The summed E-state index contributed by atoms with van der Waals surface area (Å²) in [5, 5.41) is 3.79. The largest absolute Gasteiger partial charge is 0.367 e. The molecule has 0 amide bonds. The molecule has 2 aliphatic rings. The van der Waals surface area contributed by atoms with Gasteiger partial charge in [-0.2, -0.15) is 0 Å². The summed E-state index contributed by atoms with van der Waals surface area (Å²) in [7, 11) is 0. The molecule has 1 fully saturated rings. The molecular formula is C17H26N2. The molecule has 1 heterocycles. The van der Waals surface area contributed by atoms with E-state index < -0.39 is 0 Å². The molecule has 0 radical (unpaired) electrons. The minimum atomic E-state index is 0.602. The van der Waals surface area contributed by atoms with Gasteiger partial charge >= 0.3 is 0 Å². The third-order valence-corrected chi connectivity index (χ3v) is 4.76. The Morgan fingerprint density at radius 1 is 1.21 bits per heavy atom. The lowest BCUT2D eigenvalue weighted by Crippen LogP contribution is -2.43. The van der Waals surface area contributed by atoms with Crippen molar-refractivity contribution >= 4 is 5.69 Å². The molecule has 0 aromatic heterocycles. The Hall–Kier alpha value is -1.02. The number of nitrogens with zero attached hydrogens (tertiary/aromatic N) is 1. The Balaban J connectivity index is 1.55. The number of benzene rings is 1. The van der Waals surface area contributed by atoms with Gasteiger partial charge in [0, 0.05) is 30.9 Å². The molecule has 1 unspecified atom stereocenters. The highest BCUT2D eigenvalue weighted by molar-refractivity contribution is 5.58. The summed E-state index contributed by atoms with van der Waals surface area (Å²) in [4.78, 5) is 2.57. The highest BCUT2D eigenvalue weighted by Gasteiger charge is 2.23. The zero-order valence-corrected chi connectivity index (χ0v) is 12.1. The number of fused-ring (bicyclic) bond motifs is 1. The number of hydrogen-bond donors (Lipinski definition) is 1. The molecular weight excluding hydrogens is 232 g/mol. The lowest BCUT2D eigenvalue weighted by molar-refractivity contribution is 0.365. The van der Waals surface area contributed by atoms with E-state index in [1.807, 2.05) is 0 Å². The van der Waals surface area contributed by atoms with Crippen molar-refractivity contribution in [3.8, 4) is 0 Å². The molecule has 1 aliphatic heterocycles. The van der Waals surface area contributed by atoms with Crippen molar-refractivity contribution in [3.05, 3.63) is 29.8 Å². The van der Waals surface area contributed by atoms with Gasteiger partial charge in [-0.3, -0.25) is 0 Å². The Labute approximate surface area is 117 Å². The fraction of sp³-hybridized carbons (Fsp3) is 0.647. The van der Waals surface area contributed by atoms with Crippen molar-refractivity contribution in [3.63, 3.8) is 0 Å². The number of para-hydroxylation sites is 1. The highest BCUT2D eigenvalue weighted by atomic mass is 15.2. The van der Waals surface area contributed by atoms with Crippen LogP contribution in [-0.2, 0) is 6.42 Å². The smallest absolute Gasteiger partial charge is 0.0402 e. The molecule has 0 spiro atoms. The van der Waals surface area contributed by atoms with Gasteiger partial charge in [-0.15, -0.1) is 0 Å². The summed E-state index contributed by atoms with van der Waals surface area (Å²) in [6.07, 6.45) is 8.24. The van der Waals surface area contributed by atoms with E-state index in [2.05, 4.69) is 41.4 Å².